The lowest BCUT2D eigenvalue weighted by atomic mass is 9.81. The molecule has 1 aliphatic heterocycles. The van der Waals surface area contributed by atoms with E-state index in [-0.39, 0.29) is 41.4 Å². The Morgan fingerprint density at radius 1 is 0.887 bits per heavy atom. The number of nitrogens with zero attached hydrogens (tertiary/aromatic N) is 3. The Hall–Kier alpha value is -5.31. The van der Waals surface area contributed by atoms with Crippen LogP contribution in [0.2, 0.25) is 0 Å². The van der Waals surface area contributed by atoms with Crippen LogP contribution >= 0.6 is 0 Å². The standard InChI is InChI=1S/C38H35F7N4O4/c1-21-15-26(39)11-12-27(21)28-19-29(30-13-14-36(4,33(46)51)49(30)53-32(50)22-9-7-6-8-10-22)47-20-31(28)48(5)34(52)35(2,3)23-16-24(37(40,41)42)18-25(17-23)38(43,44)45/h6-12,15-20,30H,13-14H2,1-5H3,(H2,46,51)/t30-,36-/m1/s1. The summed E-state index contributed by atoms with van der Waals surface area (Å²) in [6.45, 7) is 5.52. The molecule has 2 amide bonds. The third-order valence-electron chi connectivity index (χ3n) is 9.63. The van der Waals surface area contributed by atoms with Crippen molar-refractivity contribution in [3.05, 3.63) is 118 Å². The molecule has 0 spiro atoms. The molecule has 53 heavy (non-hydrogen) atoms. The third-order valence-corrected chi connectivity index (χ3v) is 9.63. The molecule has 0 aliphatic carbocycles. The number of benzene rings is 3. The smallest absolute Gasteiger partial charge is 0.368 e. The number of aryl methyl sites for hydroxylation is 1. The number of hydrogen-bond acceptors (Lipinski definition) is 6. The molecule has 1 aromatic heterocycles. The van der Waals surface area contributed by atoms with Crippen LogP contribution in [0.5, 0.6) is 0 Å². The minimum Gasteiger partial charge on any atom is -0.368 e. The molecule has 1 fully saturated rings. The highest BCUT2D eigenvalue weighted by atomic mass is 19.4. The summed E-state index contributed by atoms with van der Waals surface area (Å²) in [7, 11) is 1.29. The molecule has 3 aromatic carbocycles. The quantitative estimate of drug-likeness (QED) is 0.182. The highest BCUT2D eigenvalue weighted by Crippen LogP contribution is 2.45. The monoisotopic (exact) mass is 744 g/mol. The maximum atomic E-state index is 14.3. The number of hydrogen-bond donors (Lipinski definition) is 1. The van der Waals surface area contributed by atoms with E-state index >= 15 is 0 Å². The van der Waals surface area contributed by atoms with Crippen LogP contribution in [0.25, 0.3) is 11.1 Å². The van der Waals surface area contributed by atoms with Crippen LogP contribution in [-0.4, -0.2) is 40.4 Å². The second-order valence-electron chi connectivity index (χ2n) is 13.6. The first-order valence-corrected chi connectivity index (χ1v) is 16.3. The van der Waals surface area contributed by atoms with E-state index in [4.69, 9.17) is 10.6 Å². The zero-order valence-electron chi connectivity index (χ0n) is 29.2. The molecular weight excluding hydrogens is 709 g/mol. The van der Waals surface area contributed by atoms with Gasteiger partial charge in [-0.25, -0.2) is 9.18 Å². The normalized spacial score (nSPS) is 18.2. The largest absolute Gasteiger partial charge is 0.416 e. The zero-order chi connectivity index (χ0) is 39.3. The van der Waals surface area contributed by atoms with Crippen molar-refractivity contribution < 1.29 is 50.0 Å². The van der Waals surface area contributed by atoms with Gasteiger partial charge in [-0.2, -0.15) is 26.3 Å². The Balaban J connectivity index is 1.62. The van der Waals surface area contributed by atoms with Crippen molar-refractivity contribution in [3.8, 4) is 11.1 Å². The van der Waals surface area contributed by atoms with Crippen LogP contribution in [0.3, 0.4) is 0 Å². The van der Waals surface area contributed by atoms with E-state index in [9.17, 15) is 45.1 Å². The first kappa shape index (κ1) is 38.9. The molecule has 5 rings (SSSR count). The summed E-state index contributed by atoms with van der Waals surface area (Å²) < 4.78 is 96.8. The van der Waals surface area contributed by atoms with Gasteiger partial charge in [-0.3, -0.25) is 14.6 Å². The van der Waals surface area contributed by atoms with Gasteiger partial charge in [-0.15, -0.1) is 5.06 Å². The highest BCUT2D eigenvalue weighted by molar-refractivity contribution is 6.03. The van der Waals surface area contributed by atoms with Crippen LogP contribution in [0, 0.1) is 12.7 Å². The van der Waals surface area contributed by atoms with E-state index in [0.29, 0.717) is 23.3 Å². The molecule has 2 heterocycles. The lowest BCUT2D eigenvalue weighted by molar-refractivity contribution is -0.183. The Bertz CT molecular complexity index is 2040. The number of likely N-dealkylation sites (N-methyl/N-ethyl adjacent to an activating group) is 1. The van der Waals surface area contributed by atoms with E-state index in [1.54, 1.807) is 31.2 Å². The number of rotatable bonds is 8. The van der Waals surface area contributed by atoms with Gasteiger partial charge in [0.05, 0.1) is 45.7 Å². The molecule has 1 saturated heterocycles. The van der Waals surface area contributed by atoms with Crippen molar-refractivity contribution in [1.82, 2.24) is 10.0 Å². The number of carbonyl (C=O) groups is 3. The average molecular weight is 745 g/mol. The van der Waals surface area contributed by atoms with Crippen molar-refractivity contribution in [1.29, 1.82) is 0 Å². The van der Waals surface area contributed by atoms with Gasteiger partial charge in [0.25, 0.3) is 0 Å². The van der Waals surface area contributed by atoms with Crippen molar-refractivity contribution in [2.45, 2.75) is 69.9 Å². The summed E-state index contributed by atoms with van der Waals surface area (Å²) in [6, 6.07) is 13.5. The van der Waals surface area contributed by atoms with E-state index < -0.39 is 69.6 Å². The van der Waals surface area contributed by atoms with Crippen LogP contribution in [0.4, 0.5) is 36.4 Å². The van der Waals surface area contributed by atoms with Crippen molar-refractivity contribution in [3.63, 3.8) is 0 Å². The number of hydroxylamine groups is 2. The number of carbonyl (C=O) groups excluding carboxylic acids is 3. The Kier molecular flexibility index (Phi) is 10.2. The molecule has 0 radical (unpaired) electrons. The number of nitrogens with two attached hydrogens (primary N) is 1. The minimum absolute atomic E-state index is 0.0154. The fourth-order valence-electron chi connectivity index (χ4n) is 6.40. The first-order chi connectivity index (χ1) is 24.6. The van der Waals surface area contributed by atoms with Crippen molar-refractivity contribution >= 4 is 23.5 Å². The number of anilines is 1. The van der Waals surface area contributed by atoms with Crippen LogP contribution in [0.15, 0.2) is 79.0 Å². The van der Waals surface area contributed by atoms with Gasteiger partial charge in [0.15, 0.2) is 0 Å². The molecular formula is C38H35F7N4O4. The predicted octanol–water partition coefficient (Wildman–Crippen LogP) is 8.33. The fraction of sp³-hybridized carbons (Fsp3) is 0.316. The summed E-state index contributed by atoms with van der Waals surface area (Å²) in [5, 5.41) is 1.18. The van der Waals surface area contributed by atoms with Gasteiger partial charge in [0, 0.05) is 12.6 Å². The van der Waals surface area contributed by atoms with Crippen LogP contribution < -0.4 is 10.6 Å². The first-order valence-electron chi connectivity index (χ1n) is 16.3. The molecule has 8 nitrogen and oxygen atoms in total. The molecule has 0 unspecified atom stereocenters. The maximum Gasteiger partial charge on any atom is 0.416 e. The van der Waals surface area contributed by atoms with Gasteiger partial charge in [0.2, 0.25) is 11.8 Å². The average Bonchev–Trinajstić information content (AvgIpc) is 3.43. The van der Waals surface area contributed by atoms with E-state index in [1.165, 1.54) is 69.4 Å². The van der Waals surface area contributed by atoms with Crippen molar-refractivity contribution in [2.75, 3.05) is 11.9 Å². The van der Waals surface area contributed by atoms with Crippen LogP contribution in [0.1, 0.15) is 78.0 Å². The van der Waals surface area contributed by atoms with Gasteiger partial charge in [0.1, 0.15) is 11.4 Å². The Morgan fingerprint density at radius 3 is 2.02 bits per heavy atom. The lowest BCUT2D eigenvalue weighted by Gasteiger charge is -2.34. The van der Waals surface area contributed by atoms with Gasteiger partial charge in [-0.05, 0) is 106 Å². The summed E-state index contributed by atoms with van der Waals surface area (Å²) >= 11 is 0. The maximum absolute atomic E-state index is 14.3. The second-order valence-corrected chi connectivity index (χ2v) is 13.6. The number of primary amides is 1. The van der Waals surface area contributed by atoms with Crippen molar-refractivity contribution in [2.24, 2.45) is 5.73 Å². The van der Waals surface area contributed by atoms with E-state index in [2.05, 4.69) is 4.98 Å². The summed E-state index contributed by atoms with van der Waals surface area (Å²) in [4.78, 5) is 51.5. The van der Waals surface area contributed by atoms with Gasteiger partial charge >= 0.3 is 18.3 Å². The number of amides is 2. The summed E-state index contributed by atoms with van der Waals surface area (Å²) in [6.07, 6.45) is -8.61. The van der Waals surface area contributed by atoms with Crippen LogP contribution in [-0.2, 0) is 32.2 Å². The molecule has 15 heteroatoms. The number of alkyl halides is 6. The number of pyridine rings is 1. The second kappa shape index (κ2) is 13.9. The minimum atomic E-state index is -5.14. The Morgan fingerprint density at radius 2 is 1.47 bits per heavy atom. The molecule has 2 N–H and O–H groups in total. The molecule has 0 saturated carbocycles. The fourth-order valence-corrected chi connectivity index (χ4v) is 6.40. The highest BCUT2D eigenvalue weighted by Gasteiger charge is 2.51. The summed E-state index contributed by atoms with van der Waals surface area (Å²) in [5.74, 6) is -3.00. The topological polar surface area (TPSA) is 106 Å². The predicted molar refractivity (Wildman–Crippen MR) is 181 cm³/mol. The molecule has 2 atom stereocenters. The van der Waals surface area contributed by atoms with Gasteiger partial charge < -0.3 is 15.5 Å². The SMILES string of the molecule is Cc1cc(F)ccc1-c1cc([C@H]2CC[C@](C)(C(N)=O)N2OC(=O)c2ccccc2)ncc1N(C)C(=O)C(C)(C)c1cc(C(F)(F)F)cc(C(F)(F)F)c1. The lowest BCUT2D eigenvalue weighted by Crippen LogP contribution is -2.52. The summed E-state index contributed by atoms with van der Waals surface area (Å²) in [5.41, 5.74) is 0.333. The molecule has 0 bridgehead atoms. The molecule has 1 aliphatic rings. The van der Waals surface area contributed by atoms with E-state index in [1.807, 2.05) is 0 Å². The van der Waals surface area contributed by atoms with Gasteiger partial charge in [-0.1, -0.05) is 24.3 Å². The van der Waals surface area contributed by atoms with E-state index in [0.717, 1.165) is 4.90 Å². The third kappa shape index (κ3) is 7.61. The number of halogens is 7. The molecule has 4 aromatic rings. The Labute approximate surface area is 300 Å². The zero-order valence-corrected chi connectivity index (χ0v) is 29.2. The molecule has 280 valence electrons. The number of aromatic nitrogens is 1.